The molecular weight excluding hydrogens is 236 g/mol. The van der Waals surface area contributed by atoms with Crippen molar-refractivity contribution in [2.24, 2.45) is 5.41 Å². The van der Waals surface area contributed by atoms with Crippen LogP contribution in [0.2, 0.25) is 0 Å². The molecular formula is C17H32O2. The summed E-state index contributed by atoms with van der Waals surface area (Å²) in [5, 5.41) is 0. The molecule has 2 aliphatic rings. The first-order valence-corrected chi connectivity index (χ1v) is 8.40. The van der Waals surface area contributed by atoms with Crippen LogP contribution in [0.1, 0.15) is 84.5 Å². The Morgan fingerprint density at radius 2 is 0.947 bits per heavy atom. The summed E-state index contributed by atoms with van der Waals surface area (Å²) in [4.78, 5) is 0. The zero-order valence-electron chi connectivity index (χ0n) is 13.0. The Balaban J connectivity index is 1.87. The standard InChI is InChI=1S/C17H32O2/c1-16(2)14-18-17(19-15-16)12-10-8-6-4-3-5-7-9-11-13-17/h3-15H2,1-2H3. The van der Waals surface area contributed by atoms with Crippen LogP contribution in [0.5, 0.6) is 0 Å². The van der Waals surface area contributed by atoms with E-state index in [1.807, 2.05) is 0 Å². The van der Waals surface area contributed by atoms with Gasteiger partial charge < -0.3 is 9.47 Å². The number of rotatable bonds is 0. The van der Waals surface area contributed by atoms with Crippen LogP contribution in [0.15, 0.2) is 0 Å². The molecule has 1 saturated heterocycles. The van der Waals surface area contributed by atoms with Crippen molar-refractivity contribution in [3.8, 4) is 0 Å². The van der Waals surface area contributed by atoms with Gasteiger partial charge in [-0.1, -0.05) is 58.8 Å². The Labute approximate surface area is 119 Å². The molecule has 2 fully saturated rings. The molecule has 0 aromatic rings. The Hall–Kier alpha value is -0.0800. The monoisotopic (exact) mass is 268 g/mol. The van der Waals surface area contributed by atoms with E-state index in [2.05, 4.69) is 13.8 Å². The van der Waals surface area contributed by atoms with Crippen LogP contribution in [0, 0.1) is 5.41 Å². The highest BCUT2D eigenvalue weighted by Gasteiger charge is 2.39. The highest BCUT2D eigenvalue weighted by molar-refractivity contribution is 4.80. The molecule has 1 aliphatic carbocycles. The summed E-state index contributed by atoms with van der Waals surface area (Å²) in [5.74, 6) is -0.241. The van der Waals surface area contributed by atoms with Gasteiger partial charge in [-0.25, -0.2) is 0 Å². The van der Waals surface area contributed by atoms with Gasteiger partial charge in [-0.2, -0.15) is 0 Å². The molecule has 1 saturated carbocycles. The molecule has 112 valence electrons. The van der Waals surface area contributed by atoms with E-state index in [0.29, 0.717) is 0 Å². The molecule has 0 amide bonds. The Morgan fingerprint density at radius 3 is 1.37 bits per heavy atom. The minimum Gasteiger partial charge on any atom is -0.349 e. The summed E-state index contributed by atoms with van der Waals surface area (Å²) < 4.78 is 12.4. The molecule has 2 nitrogen and oxygen atoms in total. The SMILES string of the molecule is CC1(C)COC2(CCCCCCCCCCC2)OC1. The van der Waals surface area contributed by atoms with Gasteiger partial charge in [0.15, 0.2) is 5.79 Å². The van der Waals surface area contributed by atoms with Crippen molar-refractivity contribution < 1.29 is 9.47 Å². The van der Waals surface area contributed by atoms with Gasteiger partial charge in [0.2, 0.25) is 0 Å². The molecule has 1 aliphatic heterocycles. The lowest BCUT2D eigenvalue weighted by molar-refractivity contribution is -0.305. The van der Waals surface area contributed by atoms with Crippen molar-refractivity contribution in [1.82, 2.24) is 0 Å². The van der Waals surface area contributed by atoms with E-state index in [4.69, 9.17) is 9.47 Å². The van der Waals surface area contributed by atoms with Crippen molar-refractivity contribution in [3.05, 3.63) is 0 Å². The van der Waals surface area contributed by atoms with E-state index in [9.17, 15) is 0 Å². The number of hydrogen-bond donors (Lipinski definition) is 0. The summed E-state index contributed by atoms with van der Waals surface area (Å²) in [7, 11) is 0. The highest BCUT2D eigenvalue weighted by Crippen LogP contribution is 2.36. The third-order valence-electron chi connectivity index (χ3n) is 4.57. The predicted molar refractivity (Wildman–Crippen MR) is 79.2 cm³/mol. The second-order valence-corrected chi connectivity index (χ2v) is 7.33. The van der Waals surface area contributed by atoms with Crippen LogP contribution >= 0.6 is 0 Å². The van der Waals surface area contributed by atoms with Gasteiger partial charge in [-0.15, -0.1) is 0 Å². The first-order chi connectivity index (χ1) is 9.12. The molecule has 0 aromatic carbocycles. The minimum absolute atomic E-state index is 0.189. The zero-order chi connectivity index (χ0) is 13.6. The van der Waals surface area contributed by atoms with Crippen LogP contribution in [-0.2, 0) is 9.47 Å². The molecule has 1 heterocycles. The second-order valence-electron chi connectivity index (χ2n) is 7.33. The normalized spacial score (nSPS) is 29.4. The molecule has 2 heteroatoms. The lowest BCUT2D eigenvalue weighted by Gasteiger charge is -2.44. The van der Waals surface area contributed by atoms with Crippen LogP contribution in [0.4, 0.5) is 0 Å². The second kappa shape index (κ2) is 7.08. The van der Waals surface area contributed by atoms with Gasteiger partial charge in [-0.05, 0) is 12.8 Å². The topological polar surface area (TPSA) is 18.5 Å². The third kappa shape index (κ3) is 5.07. The van der Waals surface area contributed by atoms with Crippen molar-refractivity contribution in [2.45, 2.75) is 90.3 Å². The zero-order valence-corrected chi connectivity index (χ0v) is 13.0. The lowest BCUT2D eigenvalue weighted by Crippen LogP contribution is -2.47. The van der Waals surface area contributed by atoms with Crippen LogP contribution in [0.25, 0.3) is 0 Å². The molecule has 0 aromatic heterocycles. The summed E-state index contributed by atoms with van der Waals surface area (Å²) in [6.45, 7) is 6.17. The van der Waals surface area contributed by atoms with Gasteiger partial charge >= 0.3 is 0 Å². The quantitative estimate of drug-likeness (QED) is 0.611. The van der Waals surface area contributed by atoms with Gasteiger partial charge in [0.05, 0.1) is 13.2 Å². The smallest absolute Gasteiger partial charge is 0.168 e. The van der Waals surface area contributed by atoms with E-state index in [-0.39, 0.29) is 11.2 Å². The maximum atomic E-state index is 6.20. The van der Waals surface area contributed by atoms with Crippen LogP contribution in [0.3, 0.4) is 0 Å². The predicted octanol–water partition coefficient (Wildman–Crippen LogP) is 5.06. The van der Waals surface area contributed by atoms with Gasteiger partial charge in [0.25, 0.3) is 0 Å². The summed E-state index contributed by atoms with van der Waals surface area (Å²) in [5.41, 5.74) is 0.189. The molecule has 1 spiro atoms. The van der Waals surface area contributed by atoms with Crippen LogP contribution < -0.4 is 0 Å². The molecule has 19 heavy (non-hydrogen) atoms. The molecule has 0 radical (unpaired) electrons. The number of hydrogen-bond acceptors (Lipinski definition) is 2. The summed E-state index contributed by atoms with van der Waals surface area (Å²) >= 11 is 0. The first-order valence-electron chi connectivity index (χ1n) is 8.40. The molecule has 0 bridgehead atoms. The van der Waals surface area contributed by atoms with Gasteiger partial charge in [0, 0.05) is 18.3 Å². The molecule has 0 atom stereocenters. The number of ether oxygens (including phenoxy) is 2. The maximum Gasteiger partial charge on any atom is 0.168 e. The van der Waals surface area contributed by atoms with E-state index >= 15 is 0 Å². The fourth-order valence-corrected chi connectivity index (χ4v) is 3.18. The summed E-state index contributed by atoms with van der Waals surface area (Å²) in [6.07, 6.45) is 14.5. The Kier molecular flexibility index (Phi) is 5.70. The largest absolute Gasteiger partial charge is 0.349 e. The van der Waals surface area contributed by atoms with E-state index < -0.39 is 0 Å². The third-order valence-corrected chi connectivity index (χ3v) is 4.57. The van der Waals surface area contributed by atoms with E-state index in [0.717, 1.165) is 26.1 Å². The highest BCUT2D eigenvalue weighted by atomic mass is 16.7. The lowest BCUT2D eigenvalue weighted by atomic mass is 9.91. The fourth-order valence-electron chi connectivity index (χ4n) is 3.18. The minimum atomic E-state index is -0.241. The van der Waals surface area contributed by atoms with E-state index in [1.54, 1.807) is 0 Å². The Morgan fingerprint density at radius 1 is 0.579 bits per heavy atom. The van der Waals surface area contributed by atoms with Gasteiger partial charge in [0.1, 0.15) is 0 Å². The molecule has 2 rings (SSSR count). The fraction of sp³-hybridized carbons (Fsp3) is 1.00. The van der Waals surface area contributed by atoms with Crippen LogP contribution in [-0.4, -0.2) is 19.0 Å². The van der Waals surface area contributed by atoms with E-state index in [1.165, 1.54) is 57.8 Å². The maximum absolute atomic E-state index is 6.20. The average molecular weight is 268 g/mol. The van der Waals surface area contributed by atoms with Crippen molar-refractivity contribution in [1.29, 1.82) is 0 Å². The molecule has 0 unspecified atom stereocenters. The van der Waals surface area contributed by atoms with Crippen molar-refractivity contribution >= 4 is 0 Å². The average Bonchev–Trinajstić information content (AvgIpc) is 2.37. The molecule has 0 N–H and O–H groups in total. The Bertz CT molecular complexity index is 236. The van der Waals surface area contributed by atoms with Crippen molar-refractivity contribution in [2.75, 3.05) is 13.2 Å². The van der Waals surface area contributed by atoms with Gasteiger partial charge in [-0.3, -0.25) is 0 Å². The van der Waals surface area contributed by atoms with Crippen molar-refractivity contribution in [3.63, 3.8) is 0 Å². The summed E-state index contributed by atoms with van der Waals surface area (Å²) in [6, 6.07) is 0. The first kappa shape index (κ1) is 15.3.